The highest BCUT2D eigenvalue weighted by molar-refractivity contribution is 6.15. The number of amides is 1. The minimum atomic E-state index is -4.69. The van der Waals surface area contributed by atoms with Crippen molar-refractivity contribution >= 4 is 28.5 Å². The summed E-state index contributed by atoms with van der Waals surface area (Å²) in [6, 6.07) is 8.86. The lowest BCUT2D eigenvalue weighted by Crippen LogP contribution is -2.38. The van der Waals surface area contributed by atoms with Crippen molar-refractivity contribution in [2.24, 2.45) is 7.05 Å². The number of rotatable bonds is 7. The molecule has 2 aromatic carbocycles. The van der Waals surface area contributed by atoms with Crippen LogP contribution < -0.4 is 4.90 Å². The third-order valence-electron chi connectivity index (χ3n) is 8.11. The summed E-state index contributed by atoms with van der Waals surface area (Å²) in [6.45, 7) is 6.25. The molecule has 0 fully saturated rings. The summed E-state index contributed by atoms with van der Waals surface area (Å²) in [7, 11) is 1.44. The van der Waals surface area contributed by atoms with Crippen LogP contribution in [-0.4, -0.2) is 49.3 Å². The highest BCUT2D eigenvalue weighted by Gasteiger charge is 2.39. The first-order valence-electron chi connectivity index (χ1n) is 14.7. The molecule has 1 amide bonds. The lowest BCUT2D eigenvalue weighted by molar-refractivity contribution is -0.141. The number of halogens is 3. The number of aromatic nitrogens is 5. The summed E-state index contributed by atoms with van der Waals surface area (Å²) in [5, 5.41) is 4.35. The molecule has 6 rings (SSSR count). The van der Waals surface area contributed by atoms with Crippen molar-refractivity contribution in [2.75, 3.05) is 18.1 Å². The number of benzene rings is 2. The minimum absolute atomic E-state index is 0.0762. The average molecular weight is 617 g/mol. The molecule has 1 aliphatic rings. The van der Waals surface area contributed by atoms with Crippen LogP contribution in [0.25, 0.3) is 22.0 Å². The van der Waals surface area contributed by atoms with Gasteiger partial charge < -0.3 is 14.2 Å². The number of alkyl halides is 3. The Labute approximate surface area is 257 Å². The molecule has 0 atom stereocenters. The maximum Gasteiger partial charge on any atom is 0.435 e. The Morgan fingerprint density at radius 3 is 2.49 bits per heavy atom. The van der Waals surface area contributed by atoms with Gasteiger partial charge in [0.25, 0.3) is 5.91 Å². The van der Waals surface area contributed by atoms with Crippen LogP contribution in [-0.2, 0) is 37.3 Å². The predicted molar refractivity (Wildman–Crippen MR) is 162 cm³/mol. The Balaban J connectivity index is 1.52. The fourth-order valence-electron chi connectivity index (χ4n) is 5.99. The van der Waals surface area contributed by atoms with Gasteiger partial charge in [-0.15, -0.1) is 0 Å². The molecule has 0 saturated carbocycles. The number of pyridine rings is 1. The van der Waals surface area contributed by atoms with E-state index < -0.39 is 17.8 Å². The second-order valence-corrected chi connectivity index (χ2v) is 11.0. The largest absolute Gasteiger partial charge is 0.462 e. The lowest BCUT2D eigenvalue weighted by atomic mass is 9.87. The van der Waals surface area contributed by atoms with Crippen LogP contribution in [0.3, 0.4) is 0 Å². The van der Waals surface area contributed by atoms with Crippen LogP contribution in [0.4, 0.5) is 18.9 Å². The normalized spacial score (nSPS) is 13.4. The Bertz CT molecular complexity index is 1960. The van der Waals surface area contributed by atoms with Gasteiger partial charge in [0.05, 0.1) is 23.4 Å². The number of carbonyl (C=O) groups is 2. The van der Waals surface area contributed by atoms with E-state index in [2.05, 4.69) is 15.1 Å². The van der Waals surface area contributed by atoms with Gasteiger partial charge in [0.15, 0.2) is 5.69 Å². The van der Waals surface area contributed by atoms with Gasteiger partial charge in [0, 0.05) is 61.4 Å². The Morgan fingerprint density at radius 1 is 1.02 bits per heavy atom. The van der Waals surface area contributed by atoms with E-state index in [1.807, 2.05) is 24.5 Å². The molecule has 0 radical (unpaired) electrons. The average Bonchev–Trinajstić information content (AvgIpc) is 3.61. The van der Waals surface area contributed by atoms with Crippen molar-refractivity contribution in [3.8, 4) is 11.1 Å². The van der Waals surface area contributed by atoms with Crippen molar-refractivity contribution in [3.05, 3.63) is 94.5 Å². The molecule has 0 saturated heterocycles. The number of hydrogen-bond donors (Lipinski definition) is 0. The van der Waals surface area contributed by atoms with E-state index in [0.717, 1.165) is 16.1 Å². The van der Waals surface area contributed by atoms with Crippen molar-refractivity contribution in [3.63, 3.8) is 0 Å². The fourth-order valence-corrected chi connectivity index (χ4v) is 5.99. The number of aryl methyl sites for hydroxylation is 3. The third-order valence-corrected chi connectivity index (χ3v) is 8.11. The molecule has 1 aliphatic heterocycles. The van der Waals surface area contributed by atoms with E-state index in [0.29, 0.717) is 63.8 Å². The van der Waals surface area contributed by atoms with E-state index in [-0.39, 0.29) is 24.6 Å². The molecular weight excluding hydrogens is 585 g/mol. The first-order valence-corrected chi connectivity index (χ1v) is 14.7. The van der Waals surface area contributed by atoms with Crippen LogP contribution >= 0.6 is 0 Å². The molecule has 4 heterocycles. The maximum absolute atomic E-state index is 14.4. The smallest absolute Gasteiger partial charge is 0.435 e. The molecule has 9 nitrogen and oxygen atoms in total. The SMILES string of the molecule is CCOC(=O)c1cc(CC)cc2c(N3CCc4c(cc(Cn5ccnc5C)cc4-c4cn(C)nc4C(F)(F)F)C3=O)ccnc12. The van der Waals surface area contributed by atoms with Gasteiger partial charge >= 0.3 is 12.1 Å². The maximum atomic E-state index is 14.4. The van der Waals surface area contributed by atoms with Crippen molar-refractivity contribution in [1.29, 1.82) is 0 Å². The summed E-state index contributed by atoms with van der Waals surface area (Å²) < 4.78 is 50.7. The molecule has 232 valence electrons. The quantitative estimate of drug-likeness (QED) is 0.204. The molecule has 5 aromatic rings. The van der Waals surface area contributed by atoms with Gasteiger partial charge in [-0.05, 0) is 79.3 Å². The topological polar surface area (TPSA) is 95.1 Å². The van der Waals surface area contributed by atoms with Gasteiger partial charge in [0.2, 0.25) is 0 Å². The van der Waals surface area contributed by atoms with E-state index in [1.54, 1.807) is 54.7 Å². The number of hydrogen-bond acceptors (Lipinski definition) is 6. The number of nitrogens with zero attached hydrogens (tertiary/aromatic N) is 6. The van der Waals surface area contributed by atoms with Crippen LogP contribution in [0.5, 0.6) is 0 Å². The number of ether oxygens (including phenoxy) is 1. The first kappa shape index (κ1) is 30.0. The number of esters is 1. The van der Waals surface area contributed by atoms with E-state index in [1.165, 1.54) is 13.2 Å². The van der Waals surface area contributed by atoms with E-state index in [4.69, 9.17) is 4.74 Å². The summed E-state index contributed by atoms with van der Waals surface area (Å²) in [5.74, 6) is -0.128. The van der Waals surface area contributed by atoms with Gasteiger partial charge in [-0.1, -0.05) is 6.92 Å². The first-order chi connectivity index (χ1) is 21.5. The summed E-state index contributed by atoms with van der Waals surface area (Å²) in [4.78, 5) is 37.6. The number of imidazole rings is 1. The van der Waals surface area contributed by atoms with Crippen LogP contribution in [0, 0.1) is 6.92 Å². The minimum Gasteiger partial charge on any atom is -0.462 e. The second-order valence-electron chi connectivity index (χ2n) is 11.0. The lowest BCUT2D eigenvalue weighted by Gasteiger charge is -2.31. The molecule has 0 bridgehead atoms. The van der Waals surface area contributed by atoms with Crippen molar-refractivity contribution in [2.45, 2.75) is 46.3 Å². The van der Waals surface area contributed by atoms with Crippen LogP contribution in [0.2, 0.25) is 0 Å². The monoisotopic (exact) mass is 616 g/mol. The zero-order valence-electron chi connectivity index (χ0n) is 25.3. The molecule has 0 unspecified atom stereocenters. The number of carbonyl (C=O) groups excluding carboxylic acids is 2. The molecule has 12 heteroatoms. The van der Waals surface area contributed by atoms with Crippen molar-refractivity contribution in [1.82, 2.24) is 24.3 Å². The van der Waals surface area contributed by atoms with Crippen LogP contribution in [0.15, 0.2) is 55.1 Å². The highest BCUT2D eigenvalue weighted by Crippen LogP contribution is 2.41. The zero-order valence-corrected chi connectivity index (χ0v) is 25.3. The van der Waals surface area contributed by atoms with Crippen LogP contribution in [0.1, 0.15) is 62.8 Å². The molecular formula is C33H31F3N6O3. The molecule has 3 aromatic heterocycles. The van der Waals surface area contributed by atoms with E-state index in [9.17, 15) is 22.8 Å². The second kappa shape index (κ2) is 11.5. The van der Waals surface area contributed by atoms with Gasteiger partial charge in [-0.25, -0.2) is 9.78 Å². The zero-order chi connectivity index (χ0) is 32.0. The van der Waals surface area contributed by atoms with Gasteiger partial charge in [-0.2, -0.15) is 18.3 Å². The molecule has 45 heavy (non-hydrogen) atoms. The highest BCUT2D eigenvalue weighted by atomic mass is 19.4. The Hall–Kier alpha value is -5.00. The van der Waals surface area contributed by atoms with Crippen molar-refractivity contribution < 1.29 is 27.5 Å². The molecule has 0 spiro atoms. The summed E-state index contributed by atoms with van der Waals surface area (Å²) in [5.41, 5.74) is 2.90. The predicted octanol–water partition coefficient (Wildman–Crippen LogP) is 6.15. The third kappa shape index (κ3) is 5.45. The molecule has 0 N–H and O–H groups in total. The van der Waals surface area contributed by atoms with Gasteiger partial charge in [-0.3, -0.25) is 14.5 Å². The fraction of sp³-hybridized carbons (Fsp3) is 0.303. The number of fused-ring (bicyclic) bond motifs is 2. The standard InChI is InChI=1S/C33H31F3N6O3/c1-5-20-13-25-28(7-9-38-29(25)26(14-20)32(44)45-6-2)42-11-8-22-23(27-18-40(4)39-30(27)33(34,35)36)15-21(16-24(22)31(42)43)17-41-12-10-37-19(41)3/h7,9-10,12-16,18H,5-6,8,11,17H2,1-4H3. The Morgan fingerprint density at radius 2 is 1.80 bits per heavy atom. The molecule has 0 aliphatic carbocycles. The summed E-state index contributed by atoms with van der Waals surface area (Å²) >= 11 is 0. The van der Waals surface area contributed by atoms with Gasteiger partial charge in [0.1, 0.15) is 5.82 Å². The number of anilines is 1. The van der Waals surface area contributed by atoms with E-state index >= 15 is 0 Å². The Kier molecular flexibility index (Phi) is 7.67. The summed E-state index contributed by atoms with van der Waals surface area (Å²) in [6.07, 6.45) is 2.58.